The monoisotopic (exact) mass is 580 g/mol. The van der Waals surface area contributed by atoms with E-state index in [9.17, 15) is 27.9 Å². The molecule has 0 saturated carbocycles. The molecular weight excluding hydrogens is 553 g/mol. The standard InChI is InChI=1S/C31H27F3N2O4S/c1-2-27-25(36-29(41-27)22-11-7-4-8-12-22)19-40-23-15-13-20(14-16-23)17-24(30(38)39)35-28(31(32,33)34)18-26(37)21-9-5-3-6-10-21/h3-16,18,24,35H,2,17,19H2,1H3,(H,38,39)/b28-18-/t24-/m0/s1. The summed E-state index contributed by atoms with van der Waals surface area (Å²) in [7, 11) is 0. The molecule has 212 valence electrons. The number of allylic oxidation sites excluding steroid dienone is 2. The Kier molecular flexibility index (Phi) is 9.57. The van der Waals surface area contributed by atoms with Gasteiger partial charge >= 0.3 is 12.1 Å². The maximum Gasteiger partial charge on any atom is 0.431 e. The molecule has 4 aromatic rings. The van der Waals surface area contributed by atoms with E-state index in [1.54, 1.807) is 41.7 Å². The molecule has 6 nitrogen and oxygen atoms in total. The molecule has 0 aliphatic rings. The van der Waals surface area contributed by atoms with Crippen LogP contribution in [-0.4, -0.2) is 34.1 Å². The average molecular weight is 581 g/mol. The zero-order chi connectivity index (χ0) is 29.4. The number of alkyl halides is 3. The molecule has 0 radical (unpaired) electrons. The number of aryl methyl sites for hydroxylation is 1. The molecule has 41 heavy (non-hydrogen) atoms. The number of ketones is 1. The van der Waals surface area contributed by atoms with Crippen LogP contribution in [0.25, 0.3) is 10.6 Å². The number of ether oxygens (including phenoxy) is 1. The number of carbonyl (C=O) groups excluding carboxylic acids is 1. The molecule has 0 spiro atoms. The van der Waals surface area contributed by atoms with Crippen LogP contribution < -0.4 is 10.1 Å². The van der Waals surface area contributed by atoms with Crippen LogP contribution in [0.4, 0.5) is 13.2 Å². The van der Waals surface area contributed by atoms with E-state index in [-0.39, 0.29) is 18.6 Å². The van der Waals surface area contributed by atoms with Crippen LogP contribution >= 0.6 is 11.3 Å². The van der Waals surface area contributed by atoms with Crippen LogP contribution in [0.2, 0.25) is 0 Å². The number of thiazole rings is 1. The van der Waals surface area contributed by atoms with E-state index < -0.39 is 29.7 Å². The van der Waals surface area contributed by atoms with Gasteiger partial charge in [-0.25, -0.2) is 9.78 Å². The van der Waals surface area contributed by atoms with Crippen LogP contribution in [0, 0.1) is 0 Å². The number of carboxylic acid groups (broad SMARTS) is 1. The molecule has 0 bridgehead atoms. The Labute approximate surface area is 239 Å². The van der Waals surface area contributed by atoms with E-state index in [1.807, 2.05) is 42.6 Å². The number of halogens is 3. The third kappa shape index (κ3) is 8.04. The highest BCUT2D eigenvalue weighted by atomic mass is 32.1. The third-order valence-corrected chi connectivity index (χ3v) is 7.42. The van der Waals surface area contributed by atoms with Crippen molar-refractivity contribution in [3.05, 3.63) is 118 Å². The van der Waals surface area contributed by atoms with Crippen molar-refractivity contribution in [2.75, 3.05) is 0 Å². The van der Waals surface area contributed by atoms with Crippen molar-refractivity contribution in [2.24, 2.45) is 0 Å². The summed E-state index contributed by atoms with van der Waals surface area (Å²) in [6, 6.07) is 22.1. The molecule has 0 saturated heterocycles. The summed E-state index contributed by atoms with van der Waals surface area (Å²) >= 11 is 1.61. The summed E-state index contributed by atoms with van der Waals surface area (Å²) < 4.78 is 47.0. The number of benzene rings is 3. The van der Waals surface area contributed by atoms with Crippen LogP contribution in [0.3, 0.4) is 0 Å². The van der Waals surface area contributed by atoms with Gasteiger partial charge in [-0.1, -0.05) is 79.7 Å². The highest BCUT2D eigenvalue weighted by molar-refractivity contribution is 7.15. The molecule has 3 aromatic carbocycles. The molecule has 1 atom stereocenters. The van der Waals surface area contributed by atoms with Crippen molar-refractivity contribution in [1.82, 2.24) is 10.3 Å². The maximum absolute atomic E-state index is 13.7. The predicted octanol–water partition coefficient (Wildman–Crippen LogP) is 6.87. The average Bonchev–Trinajstić information content (AvgIpc) is 3.39. The van der Waals surface area contributed by atoms with E-state index in [4.69, 9.17) is 9.72 Å². The lowest BCUT2D eigenvalue weighted by Gasteiger charge is -2.20. The van der Waals surface area contributed by atoms with Crippen LogP contribution in [0.1, 0.15) is 33.4 Å². The van der Waals surface area contributed by atoms with E-state index in [1.165, 1.54) is 24.3 Å². The number of hydrogen-bond acceptors (Lipinski definition) is 6. The van der Waals surface area contributed by atoms with E-state index in [2.05, 4.69) is 0 Å². The lowest BCUT2D eigenvalue weighted by molar-refractivity contribution is -0.140. The van der Waals surface area contributed by atoms with Crippen LogP contribution in [-0.2, 0) is 24.2 Å². The molecule has 0 aliphatic heterocycles. The predicted molar refractivity (Wildman–Crippen MR) is 151 cm³/mol. The van der Waals surface area contributed by atoms with Gasteiger partial charge in [-0.05, 0) is 24.1 Å². The number of nitrogens with one attached hydrogen (secondary N) is 1. The first kappa shape index (κ1) is 29.5. The quantitative estimate of drug-likeness (QED) is 0.141. The SMILES string of the molecule is CCc1sc(-c2ccccc2)nc1COc1ccc(C[C@H](N/C(=C\C(=O)c2ccccc2)C(F)(F)F)C(=O)O)cc1. The molecule has 2 N–H and O–H groups in total. The van der Waals surface area contributed by atoms with Gasteiger partial charge in [0.25, 0.3) is 0 Å². The van der Waals surface area contributed by atoms with Crippen molar-refractivity contribution < 1.29 is 32.6 Å². The van der Waals surface area contributed by atoms with Gasteiger partial charge < -0.3 is 15.2 Å². The Morgan fingerprint density at radius 2 is 1.63 bits per heavy atom. The van der Waals surface area contributed by atoms with Gasteiger partial charge in [0.15, 0.2) is 5.78 Å². The van der Waals surface area contributed by atoms with Gasteiger partial charge in [0.1, 0.15) is 29.1 Å². The van der Waals surface area contributed by atoms with Crippen LogP contribution in [0.15, 0.2) is 96.7 Å². The minimum Gasteiger partial charge on any atom is -0.487 e. The van der Waals surface area contributed by atoms with Gasteiger partial charge in [0.2, 0.25) is 0 Å². The lowest BCUT2D eigenvalue weighted by Crippen LogP contribution is -2.42. The number of aliphatic carboxylic acids is 1. The summed E-state index contributed by atoms with van der Waals surface area (Å²) in [4.78, 5) is 30.0. The number of carbonyl (C=O) groups is 2. The van der Waals surface area contributed by atoms with Gasteiger partial charge in [0.05, 0.1) is 5.69 Å². The first-order valence-electron chi connectivity index (χ1n) is 12.8. The van der Waals surface area contributed by atoms with Crippen molar-refractivity contribution in [1.29, 1.82) is 0 Å². The summed E-state index contributed by atoms with van der Waals surface area (Å²) in [6.07, 6.45) is -4.02. The van der Waals surface area contributed by atoms with Gasteiger partial charge in [-0.15, -0.1) is 11.3 Å². The first-order chi connectivity index (χ1) is 19.6. The smallest absolute Gasteiger partial charge is 0.431 e. The Morgan fingerprint density at radius 3 is 2.22 bits per heavy atom. The molecule has 1 aromatic heterocycles. The molecule has 0 amide bonds. The van der Waals surface area contributed by atoms with E-state index in [0.29, 0.717) is 17.4 Å². The molecular formula is C31H27F3N2O4S. The Bertz CT molecular complexity index is 1500. The number of aromatic nitrogens is 1. The number of carboxylic acids is 1. The zero-order valence-corrected chi connectivity index (χ0v) is 22.8. The largest absolute Gasteiger partial charge is 0.487 e. The molecule has 0 fully saturated rings. The van der Waals surface area contributed by atoms with E-state index in [0.717, 1.165) is 27.6 Å². The molecule has 0 unspecified atom stereocenters. The fourth-order valence-corrected chi connectivity index (χ4v) is 5.01. The van der Waals surface area contributed by atoms with Crippen molar-refractivity contribution in [3.8, 4) is 16.3 Å². The maximum atomic E-state index is 13.7. The molecule has 10 heteroatoms. The summed E-state index contributed by atoms with van der Waals surface area (Å²) in [5.74, 6) is -1.87. The van der Waals surface area contributed by atoms with Crippen molar-refractivity contribution in [3.63, 3.8) is 0 Å². The Morgan fingerprint density at radius 1 is 1.00 bits per heavy atom. The highest BCUT2D eigenvalue weighted by Gasteiger charge is 2.37. The molecule has 1 heterocycles. The fourth-order valence-electron chi connectivity index (χ4n) is 4.00. The second-order valence-corrected chi connectivity index (χ2v) is 10.2. The zero-order valence-electron chi connectivity index (χ0n) is 22.0. The Hall–Kier alpha value is -4.44. The summed E-state index contributed by atoms with van der Waals surface area (Å²) in [5.41, 5.74) is 0.953. The van der Waals surface area contributed by atoms with Gasteiger partial charge in [-0.3, -0.25) is 4.79 Å². The van der Waals surface area contributed by atoms with Gasteiger partial charge in [-0.2, -0.15) is 13.2 Å². The lowest BCUT2D eigenvalue weighted by atomic mass is 10.0. The topological polar surface area (TPSA) is 88.5 Å². The second kappa shape index (κ2) is 13.3. The fraction of sp³-hybridized carbons (Fsp3) is 0.194. The first-order valence-corrected chi connectivity index (χ1v) is 13.6. The normalized spacial score (nSPS) is 12.5. The van der Waals surface area contributed by atoms with Crippen molar-refractivity contribution in [2.45, 2.75) is 38.6 Å². The van der Waals surface area contributed by atoms with Crippen molar-refractivity contribution >= 4 is 23.1 Å². The minimum atomic E-state index is -4.96. The van der Waals surface area contributed by atoms with Gasteiger partial charge in [0, 0.05) is 28.5 Å². The minimum absolute atomic E-state index is 0.0542. The molecule has 4 rings (SSSR count). The number of nitrogens with zero attached hydrogens (tertiary/aromatic N) is 1. The Balaban J connectivity index is 1.43. The highest BCUT2D eigenvalue weighted by Crippen LogP contribution is 2.29. The second-order valence-electron chi connectivity index (χ2n) is 9.07. The summed E-state index contributed by atoms with van der Waals surface area (Å²) in [5, 5.41) is 12.5. The summed E-state index contributed by atoms with van der Waals surface area (Å²) in [6.45, 7) is 2.28. The van der Waals surface area contributed by atoms with Crippen LogP contribution in [0.5, 0.6) is 5.75 Å². The number of rotatable bonds is 12. The number of hydrogen-bond donors (Lipinski definition) is 2. The third-order valence-electron chi connectivity index (χ3n) is 6.13. The van der Waals surface area contributed by atoms with E-state index >= 15 is 0 Å². The molecule has 0 aliphatic carbocycles.